The Bertz CT molecular complexity index is 281. The first-order valence-corrected chi connectivity index (χ1v) is 11.3. The van der Waals surface area contributed by atoms with Crippen molar-refractivity contribution in [3.63, 3.8) is 0 Å². The van der Waals surface area contributed by atoms with Crippen LogP contribution in [0.3, 0.4) is 0 Å². The van der Waals surface area contributed by atoms with Gasteiger partial charge in [-0.25, -0.2) is 0 Å². The zero-order valence-electron chi connectivity index (χ0n) is 17.3. The van der Waals surface area contributed by atoms with Gasteiger partial charge in [0.25, 0.3) is 0 Å². The van der Waals surface area contributed by atoms with Crippen LogP contribution in [-0.4, -0.2) is 18.5 Å². The van der Waals surface area contributed by atoms with E-state index in [0.29, 0.717) is 6.42 Å². The summed E-state index contributed by atoms with van der Waals surface area (Å²) in [5.74, 6) is 0.00320. The quantitative estimate of drug-likeness (QED) is 0.275. The second-order valence-corrected chi connectivity index (χ2v) is 7.61. The third-order valence-electron chi connectivity index (χ3n) is 5.11. The van der Waals surface area contributed by atoms with Gasteiger partial charge in [0.2, 0.25) is 5.91 Å². The van der Waals surface area contributed by atoms with E-state index in [2.05, 4.69) is 12.2 Å². The first kappa shape index (κ1) is 24.4. The Labute approximate surface area is 157 Å². The van der Waals surface area contributed by atoms with Gasteiger partial charge in [0.05, 0.1) is 6.04 Å². The van der Waals surface area contributed by atoms with Crippen LogP contribution in [0, 0.1) is 0 Å². The Hall–Kier alpha value is -0.570. The molecule has 0 spiro atoms. The molecule has 1 atom stereocenters. The maximum Gasteiger partial charge on any atom is 0.236 e. The largest absolute Gasteiger partial charge is 0.355 e. The minimum atomic E-state index is -0.332. The van der Waals surface area contributed by atoms with E-state index in [-0.39, 0.29) is 11.9 Å². The summed E-state index contributed by atoms with van der Waals surface area (Å²) in [6.45, 7) is 5.01. The van der Waals surface area contributed by atoms with E-state index in [1.807, 2.05) is 6.92 Å². The zero-order chi connectivity index (χ0) is 18.6. The predicted octanol–water partition coefficient (Wildman–Crippen LogP) is 6.10. The van der Waals surface area contributed by atoms with Crippen LogP contribution in [0.1, 0.15) is 123 Å². The summed E-state index contributed by atoms with van der Waals surface area (Å²) < 4.78 is 0. The summed E-state index contributed by atoms with van der Waals surface area (Å²) >= 11 is 0. The average Bonchev–Trinajstić information content (AvgIpc) is 2.63. The maximum absolute atomic E-state index is 11.5. The first-order chi connectivity index (χ1) is 12.2. The van der Waals surface area contributed by atoms with E-state index >= 15 is 0 Å². The lowest BCUT2D eigenvalue weighted by atomic mass is 10.0. The summed E-state index contributed by atoms with van der Waals surface area (Å²) in [4.78, 5) is 11.5. The third kappa shape index (κ3) is 18.0. The lowest BCUT2D eigenvalue weighted by molar-refractivity contribution is -0.122. The van der Waals surface area contributed by atoms with E-state index < -0.39 is 0 Å². The number of hydrogen-bond donors (Lipinski definition) is 2. The minimum absolute atomic E-state index is 0.00320. The number of rotatable bonds is 19. The minimum Gasteiger partial charge on any atom is -0.355 e. The molecule has 1 unspecified atom stereocenters. The van der Waals surface area contributed by atoms with Crippen LogP contribution in [0.25, 0.3) is 0 Å². The maximum atomic E-state index is 11.5. The zero-order valence-corrected chi connectivity index (χ0v) is 17.3. The molecule has 0 aromatic heterocycles. The first-order valence-electron chi connectivity index (χ1n) is 11.3. The van der Waals surface area contributed by atoms with Gasteiger partial charge in [-0.3, -0.25) is 4.79 Å². The van der Waals surface area contributed by atoms with Gasteiger partial charge in [-0.1, -0.05) is 110 Å². The Morgan fingerprint density at radius 1 is 0.680 bits per heavy atom. The molecule has 0 bridgehead atoms. The molecular weight excluding hydrogens is 308 g/mol. The van der Waals surface area contributed by atoms with Gasteiger partial charge in [0, 0.05) is 6.54 Å². The van der Waals surface area contributed by atoms with E-state index in [1.165, 1.54) is 96.3 Å². The molecular formula is C22H46N2O. The van der Waals surface area contributed by atoms with Crippen LogP contribution in [0.15, 0.2) is 0 Å². The van der Waals surface area contributed by atoms with Crippen LogP contribution in [0.4, 0.5) is 0 Å². The molecule has 0 saturated heterocycles. The van der Waals surface area contributed by atoms with Crippen molar-refractivity contribution in [3.05, 3.63) is 0 Å². The second-order valence-electron chi connectivity index (χ2n) is 7.61. The molecule has 0 fully saturated rings. The molecule has 0 radical (unpaired) electrons. The Morgan fingerprint density at radius 2 is 1.04 bits per heavy atom. The van der Waals surface area contributed by atoms with Crippen molar-refractivity contribution in [1.29, 1.82) is 0 Å². The predicted molar refractivity (Wildman–Crippen MR) is 111 cm³/mol. The highest BCUT2D eigenvalue weighted by molar-refractivity contribution is 5.81. The van der Waals surface area contributed by atoms with Crippen LogP contribution in [0.2, 0.25) is 0 Å². The number of nitrogens with one attached hydrogen (secondary N) is 1. The van der Waals surface area contributed by atoms with Gasteiger partial charge in [-0.2, -0.15) is 0 Å². The van der Waals surface area contributed by atoms with Gasteiger partial charge < -0.3 is 11.1 Å². The Kier molecular flexibility index (Phi) is 19.3. The normalized spacial score (nSPS) is 12.3. The molecule has 0 saturated carbocycles. The fourth-order valence-electron chi connectivity index (χ4n) is 3.20. The molecule has 1 amide bonds. The van der Waals surface area contributed by atoms with Crippen molar-refractivity contribution < 1.29 is 4.79 Å². The standard InChI is InChI=1S/C22H46N2O/c1-3-5-6-7-8-9-10-11-12-13-14-15-16-17-18-19-20-24-22(25)21(23)4-2/h21H,3-20,23H2,1-2H3,(H,24,25). The van der Waals surface area contributed by atoms with Gasteiger partial charge in [0.1, 0.15) is 0 Å². The second kappa shape index (κ2) is 19.8. The topological polar surface area (TPSA) is 55.1 Å². The monoisotopic (exact) mass is 354 g/mol. The highest BCUT2D eigenvalue weighted by Crippen LogP contribution is 2.13. The molecule has 3 nitrogen and oxygen atoms in total. The Balaban J connectivity index is 3.08. The van der Waals surface area contributed by atoms with Gasteiger partial charge in [0.15, 0.2) is 0 Å². The molecule has 25 heavy (non-hydrogen) atoms. The fourth-order valence-corrected chi connectivity index (χ4v) is 3.20. The van der Waals surface area contributed by atoms with E-state index in [1.54, 1.807) is 0 Å². The highest BCUT2D eigenvalue weighted by Gasteiger charge is 2.08. The van der Waals surface area contributed by atoms with Crippen LogP contribution in [0.5, 0.6) is 0 Å². The van der Waals surface area contributed by atoms with Crippen LogP contribution >= 0.6 is 0 Å². The van der Waals surface area contributed by atoms with Gasteiger partial charge in [-0.05, 0) is 12.8 Å². The molecule has 150 valence electrons. The molecule has 0 aliphatic rings. The number of unbranched alkanes of at least 4 members (excludes halogenated alkanes) is 15. The van der Waals surface area contributed by atoms with Crippen LogP contribution in [-0.2, 0) is 4.79 Å². The summed E-state index contributed by atoms with van der Waals surface area (Å²) in [5, 5.41) is 2.92. The number of carbonyl (C=O) groups excluding carboxylic acids is 1. The highest BCUT2D eigenvalue weighted by atomic mass is 16.2. The van der Waals surface area contributed by atoms with Gasteiger partial charge in [-0.15, -0.1) is 0 Å². The summed E-state index contributed by atoms with van der Waals surface area (Å²) in [7, 11) is 0. The molecule has 3 N–H and O–H groups in total. The van der Waals surface area contributed by atoms with Gasteiger partial charge >= 0.3 is 0 Å². The van der Waals surface area contributed by atoms with Crippen molar-refractivity contribution >= 4 is 5.91 Å². The molecule has 0 aliphatic carbocycles. The molecule has 3 heteroatoms. The summed E-state index contributed by atoms with van der Waals surface area (Å²) in [5.41, 5.74) is 5.68. The summed E-state index contributed by atoms with van der Waals surface area (Å²) in [6.07, 6.45) is 22.7. The summed E-state index contributed by atoms with van der Waals surface area (Å²) in [6, 6.07) is -0.332. The smallest absolute Gasteiger partial charge is 0.236 e. The lowest BCUT2D eigenvalue weighted by Gasteiger charge is -2.09. The number of nitrogens with two attached hydrogens (primary N) is 1. The average molecular weight is 355 g/mol. The van der Waals surface area contributed by atoms with Crippen LogP contribution < -0.4 is 11.1 Å². The molecule has 0 aliphatic heterocycles. The van der Waals surface area contributed by atoms with Crippen molar-refractivity contribution in [2.24, 2.45) is 5.73 Å². The number of amides is 1. The van der Waals surface area contributed by atoms with Crippen molar-refractivity contribution in [1.82, 2.24) is 5.32 Å². The van der Waals surface area contributed by atoms with E-state index in [9.17, 15) is 4.79 Å². The molecule has 0 heterocycles. The molecule has 0 aromatic rings. The van der Waals surface area contributed by atoms with Crippen molar-refractivity contribution in [3.8, 4) is 0 Å². The third-order valence-corrected chi connectivity index (χ3v) is 5.11. The molecule has 0 rings (SSSR count). The lowest BCUT2D eigenvalue weighted by Crippen LogP contribution is -2.40. The van der Waals surface area contributed by atoms with Crippen molar-refractivity contribution in [2.75, 3.05) is 6.54 Å². The van der Waals surface area contributed by atoms with E-state index in [4.69, 9.17) is 5.73 Å². The number of hydrogen-bond acceptors (Lipinski definition) is 2. The van der Waals surface area contributed by atoms with E-state index in [0.717, 1.165) is 13.0 Å². The van der Waals surface area contributed by atoms with Crippen molar-refractivity contribution in [2.45, 2.75) is 129 Å². The Morgan fingerprint density at radius 3 is 1.40 bits per heavy atom. The SMILES string of the molecule is CCCCCCCCCCCCCCCCCCNC(=O)C(N)CC. The fraction of sp³-hybridized carbons (Fsp3) is 0.955. The molecule has 0 aromatic carbocycles. The number of carbonyl (C=O) groups is 1.